The molecular weight excluding hydrogens is 478 g/mol. The van der Waals surface area contributed by atoms with E-state index in [4.69, 9.17) is 27.3 Å². The van der Waals surface area contributed by atoms with Gasteiger partial charge in [0.1, 0.15) is 15.3 Å². The quantitative estimate of drug-likeness (QED) is 0.309. The van der Waals surface area contributed by atoms with Gasteiger partial charge < -0.3 is 5.73 Å². The van der Waals surface area contributed by atoms with Crippen LogP contribution in [0.15, 0.2) is 65.3 Å². The Hall–Kier alpha value is -2.45. The fraction of sp³-hybridized carbons (Fsp3) is 0.125. The Bertz CT molecular complexity index is 1400. The van der Waals surface area contributed by atoms with Crippen LogP contribution >= 0.6 is 46.0 Å². The van der Waals surface area contributed by atoms with Crippen molar-refractivity contribution in [3.63, 3.8) is 0 Å². The summed E-state index contributed by atoms with van der Waals surface area (Å²) in [6, 6.07) is 17.6. The van der Waals surface area contributed by atoms with Crippen molar-refractivity contribution in [2.24, 2.45) is 10.7 Å². The molecule has 0 amide bonds. The predicted molar refractivity (Wildman–Crippen MR) is 139 cm³/mol. The summed E-state index contributed by atoms with van der Waals surface area (Å²) in [6.45, 7) is 4.07. The minimum Gasteiger partial charge on any atom is -0.400 e. The second kappa shape index (κ2) is 8.48. The number of rotatable bonds is 4. The van der Waals surface area contributed by atoms with Crippen molar-refractivity contribution in [3.05, 3.63) is 85.6 Å². The van der Waals surface area contributed by atoms with E-state index in [0.717, 1.165) is 42.7 Å². The van der Waals surface area contributed by atoms with E-state index in [9.17, 15) is 4.79 Å². The highest BCUT2D eigenvalue weighted by atomic mass is 35.5. The van der Waals surface area contributed by atoms with Gasteiger partial charge in [0.25, 0.3) is 0 Å². The van der Waals surface area contributed by atoms with Crippen molar-refractivity contribution >= 4 is 78.3 Å². The van der Waals surface area contributed by atoms with Crippen molar-refractivity contribution in [1.82, 2.24) is 4.98 Å². The fourth-order valence-corrected chi connectivity index (χ4v) is 6.86. The topological polar surface area (TPSA) is 68.3 Å². The van der Waals surface area contributed by atoms with Gasteiger partial charge in [0.05, 0.1) is 30.7 Å². The first-order valence-electron chi connectivity index (χ1n) is 9.89. The van der Waals surface area contributed by atoms with Crippen molar-refractivity contribution in [2.45, 2.75) is 19.1 Å². The van der Waals surface area contributed by atoms with Gasteiger partial charge in [0.15, 0.2) is 5.78 Å². The van der Waals surface area contributed by atoms with Gasteiger partial charge in [-0.05, 0) is 55.3 Å². The molecule has 160 valence electrons. The van der Waals surface area contributed by atoms with E-state index >= 15 is 0 Å². The van der Waals surface area contributed by atoms with Crippen molar-refractivity contribution in [2.75, 3.05) is 0 Å². The Morgan fingerprint density at radius 2 is 1.91 bits per heavy atom. The standard InChI is InChI=1S/C24H18ClN3OS3/c1-12-7-8-13(2)15(11-12)28-24-19(23-27-14-5-3-4-6-16(14)31-23)20(26)22(32-24)21(29)17-9-10-18(25)30-17/h3-11,22H,26H2,1-2H3. The first kappa shape index (κ1) is 21.4. The maximum atomic E-state index is 13.3. The number of nitrogens with two attached hydrogens (primary N) is 1. The number of nitrogens with zero attached hydrogens (tertiary/aromatic N) is 2. The molecule has 3 heterocycles. The van der Waals surface area contributed by atoms with E-state index in [1.165, 1.54) is 23.1 Å². The zero-order chi connectivity index (χ0) is 22.4. The summed E-state index contributed by atoms with van der Waals surface area (Å²) in [4.78, 5) is 23.6. The number of carbonyl (C=O) groups is 1. The number of thioether (sulfide) groups is 1. The molecule has 2 N–H and O–H groups in total. The molecule has 1 aliphatic rings. The molecule has 0 fully saturated rings. The number of carbonyl (C=O) groups excluding carboxylic acids is 1. The molecule has 0 radical (unpaired) electrons. The predicted octanol–water partition coefficient (Wildman–Crippen LogP) is 7.03. The maximum absolute atomic E-state index is 13.3. The minimum atomic E-state index is -0.560. The Labute approximate surface area is 202 Å². The van der Waals surface area contributed by atoms with Crippen LogP contribution < -0.4 is 5.73 Å². The summed E-state index contributed by atoms with van der Waals surface area (Å²) in [5.41, 5.74) is 11.8. The van der Waals surface area contributed by atoms with Gasteiger partial charge in [-0.2, -0.15) is 0 Å². The van der Waals surface area contributed by atoms with Crippen molar-refractivity contribution in [3.8, 4) is 0 Å². The number of ketones is 1. The largest absolute Gasteiger partial charge is 0.400 e. The molecule has 8 heteroatoms. The molecule has 1 aliphatic heterocycles. The number of para-hydroxylation sites is 1. The number of halogens is 1. The molecule has 1 atom stereocenters. The monoisotopic (exact) mass is 495 g/mol. The Morgan fingerprint density at radius 1 is 1.09 bits per heavy atom. The summed E-state index contributed by atoms with van der Waals surface area (Å²) < 4.78 is 1.65. The van der Waals surface area contributed by atoms with Crippen LogP contribution in [0.1, 0.15) is 25.8 Å². The van der Waals surface area contributed by atoms with Gasteiger partial charge in [-0.3, -0.25) is 4.79 Å². The number of benzene rings is 2. The second-order valence-electron chi connectivity index (χ2n) is 7.49. The molecule has 0 bridgehead atoms. The van der Waals surface area contributed by atoms with Gasteiger partial charge in [-0.25, -0.2) is 9.98 Å². The highest BCUT2D eigenvalue weighted by Crippen LogP contribution is 2.43. The van der Waals surface area contributed by atoms with Crippen LogP contribution in [-0.2, 0) is 0 Å². The number of Topliss-reactive ketones (excluding diaryl/α,β-unsaturated/α-hetero) is 1. The number of thiophene rings is 1. The van der Waals surface area contributed by atoms with Crippen LogP contribution in [0, 0.1) is 13.8 Å². The van der Waals surface area contributed by atoms with E-state index in [2.05, 4.69) is 12.1 Å². The Balaban J connectivity index is 1.65. The molecule has 0 aliphatic carbocycles. The summed E-state index contributed by atoms with van der Waals surface area (Å²) >= 11 is 10.3. The molecule has 32 heavy (non-hydrogen) atoms. The number of fused-ring (bicyclic) bond motifs is 1. The molecule has 2 aromatic carbocycles. The van der Waals surface area contributed by atoms with E-state index in [1.807, 2.05) is 44.2 Å². The number of hydrogen-bond acceptors (Lipinski definition) is 7. The molecule has 0 saturated heterocycles. The SMILES string of the molecule is Cc1ccc(C)c(N=C2SC(C(=O)c3ccc(Cl)s3)C(N)=C2c2nc3ccccc3s2)c1. The number of aromatic nitrogens is 1. The lowest BCUT2D eigenvalue weighted by atomic mass is 10.1. The van der Waals surface area contributed by atoms with Gasteiger partial charge in [0.2, 0.25) is 0 Å². The first-order valence-corrected chi connectivity index (χ1v) is 12.8. The van der Waals surface area contributed by atoms with Gasteiger partial charge >= 0.3 is 0 Å². The summed E-state index contributed by atoms with van der Waals surface area (Å²) in [7, 11) is 0. The Morgan fingerprint density at radius 3 is 2.66 bits per heavy atom. The van der Waals surface area contributed by atoms with Gasteiger partial charge in [-0.15, -0.1) is 22.7 Å². The van der Waals surface area contributed by atoms with Crippen molar-refractivity contribution < 1.29 is 4.79 Å². The summed E-state index contributed by atoms with van der Waals surface area (Å²) in [6.07, 6.45) is 0. The van der Waals surface area contributed by atoms with E-state index < -0.39 is 5.25 Å². The zero-order valence-corrected chi connectivity index (χ0v) is 20.5. The third-order valence-electron chi connectivity index (χ3n) is 5.16. The smallest absolute Gasteiger partial charge is 0.192 e. The zero-order valence-electron chi connectivity index (χ0n) is 17.3. The van der Waals surface area contributed by atoms with Gasteiger partial charge in [0, 0.05) is 5.70 Å². The highest BCUT2D eigenvalue weighted by Gasteiger charge is 2.38. The van der Waals surface area contributed by atoms with E-state index in [1.54, 1.807) is 23.5 Å². The average Bonchev–Trinajstić information content (AvgIpc) is 3.47. The molecule has 0 spiro atoms. The lowest BCUT2D eigenvalue weighted by Crippen LogP contribution is -2.21. The third-order valence-corrected chi connectivity index (χ3v) is 8.69. The van der Waals surface area contributed by atoms with Crippen molar-refractivity contribution in [1.29, 1.82) is 0 Å². The second-order valence-corrected chi connectivity index (χ2v) is 11.3. The van der Waals surface area contributed by atoms with Crippen LogP contribution in [0.4, 0.5) is 5.69 Å². The minimum absolute atomic E-state index is 0.0609. The molecular formula is C24H18ClN3OS3. The fourth-order valence-electron chi connectivity index (χ4n) is 3.48. The maximum Gasteiger partial charge on any atom is 0.192 e. The third kappa shape index (κ3) is 3.90. The van der Waals surface area contributed by atoms with Crippen LogP contribution in [0.2, 0.25) is 4.34 Å². The molecule has 1 unspecified atom stereocenters. The lowest BCUT2D eigenvalue weighted by molar-refractivity contribution is 0.100. The highest BCUT2D eigenvalue weighted by molar-refractivity contribution is 8.16. The van der Waals surface area contributed by atoms with Gasteiger partial charge in [-0.1, -0.05) is 47.6 Å². The summed E-state index contributed by atoms with van der Waals surface area (Å²) in [5.74, 6) is -0.0609. The van der Waals surface area contributed by atoms with E-state index in [-0.39, 0.29) is 5.78 Å². The van der Waals surface area contributed by atoms with Crippen LogP contribution in [0.3, 0.4) is 0 Å². The molecule has 2 aromatic heterocycles. The first-order chi connectivity index (χ1) is 15.4. The average molecular weight is 496 g/mol. The molecule has 4 aromatic rings. The normalized spacial score (nSPS) is 17.6. The van der Waals surface area contributed by atoms with Crippen LogP contribution in [0.5, 0.6) is 0 Å². The van der Waals surface area contributed by atoms with Crippen LogP contribution in [0.25, 0.3) is 15.8 Å². The number of aryl methyl sites for hydroxylation is 2. The number of aliphatic imine (C=N–C) groups is 1. The molecule has 4 nitrogen and oxygen atoms in total. The van der Waals surface area contributed by atoms with Crippen LogP contribution in [-0.4, -0.2) is 21.1 Å². The lowest BCUT2D eigenvalue weighted by Gasteiger charge is -2.07. The number of hydrogen-bond donors (Lipinski definition) is 1. The molecule has 5 rings (SSSR count). The number of thiazole rings is 1. The van der Waals surface area contributed by atoms with E-state index in [0.29, 0.717) is 14.9 Å². The molecule has 0 saturated carbocycles. The summed E-state index contributed by atoms with van der Waals surface area (Å²) in [5, 5.41) is 0.937. The Kier molecular flexibility index (Phi) is 5.67.